The van der Waals surface area contributed by atoms with Crippen molar-refractivity contribution in [1.29, 1.82) is 0 Å². The number of benzene rings is 1. The van der Waals surface area contributed by atoms with Crippen LogP contribution in [0.25, 0.3) is 0 Å². The molecule has 0 bridgehead atoms. The van der Waals surface area contributed by atoms with Gasteiger partial charge in [-0.3, -0.25) is 4.79 Å². The Morgan fingerprint density at radius 3 is 2.27 bits per heavy atom. The van der Waals surface area contributed by atoms with E-state index in [4.69, 9.17) is 5.14 Å². The van der Waals surface area contributed by atoms with E-state index >= 15 is 0 Å². The molecule has 0 radical (unpaired) electrons. The molecule has 2 aliphatic heterocycles. The minimum absolute atomic E-state index is 0.0346. The largest absolute Gasteiger partial charge is 0.370 e. The number of nitrogens with zero attached hydrogens (tertiary/aromatic N) is 2. The molecule has 7 heteroatoms. The summed E-state index contributed by atoms with van der Waals surface area (Å²) in [5.41, 5.74) is 1.80. The molecule has 2 saturated heterocycles. The van der Waals surface area contributed by atoms with E-state index in [-0.39, 0.29) is 18.9 Å². The van der Waals surface area contributed by atoms with Crippen LogP contribution < -0.4 is 14.9 Å². The number of amides is 1. The van der Waals surface area contributed by atoms with Crippen LogP contribution in [-0.4, -0.2) is 39.2 Å². The molecule has 120 valence electrons. The van der Waals surface area contributed by atoms with Gasteiger partial charge < -0.3 is 9.80 Å². The Morgan fingerprint density at radius 2 is 1.68 bits per heavy atom. The Bertz CT molecular complexity index is 668. The molecule has 1 aromatic rings. The Labute approximate surface area is 130 Å². The van der Waals surface area contributed by atoms with Crippen molar-refractivity contribution in [1.82, 2.24) is 0 Å². The van der Waals surface area contributed by atoms with Crippen molar-refractivity contribution >= 4 is 27.3 Å². The van der Waals surface area contributed by atoms with E-state index in [1.54, 1.807) is 4.90 Å². The van der Waals surface area contributed by atoms with Gasteiger partial charge in [-0.05, 0) is 31.4 Å². The molecule has 1 aromatic carbocycles. The molecule has 0 aromatic heterocycles. The Hall–Kier alpha value is -1.60. The van der Waals surface area contributed by atoms with Crippen LogP contribution in [0.2, 0.25) is 0 Å². The van der Waals surface area contributed by atoms with Crippen LogP contribution in [0, 0.1) is 0 Å². The number of para-hydroxylation sites is 2. The van der Waals surface area contributed by atoms with Crippen molar-refractivity contribution in [3.05, 3.63) is 24.3 Å². The summed E-state index contributed by atoms with van der Waals surface area (Å²) in [5, 5.41) is 4.40. The molecule has 2 aliphatic rings. The molecular formula is C15H21N3O3S. The third-order valence-electron chi connectivity index (χ3n) is 4.42. The van der Waals surface area contributed by atoms with Crippen molar-refractivity contribution in [2.24, 2.45) is 5.14 Å². The molecule has 22 heavy (non-hydrogen) atoms. The summed E-state index contributed by atoms with van der Waals surface area (Å²) in [5.74, 6) is -0.177. The number of hydrogen-bond donors (Lipinski definition) is 1. The molecule has 2 heterocycles. The average molecular weight is 323 g/mol. The van der Waals surface area contributed by atoms with E-state index in [2.05, 4.69) is 4.90 Å². The van der Waals surface area contributed by atoms with Gasteiger partial charge in [0, 0.05) is 26.1 Å². The monoisotopic (exact) mass is 323 g/mol. The standard InChI is InChI=1S/C15H21N3O3S/c16-22(20,21)12-10-15(19)18(11-12)14-7-3-2-6-13(14)17-8-4-1-5-9-17/h2-3,6-7,12H,1,4-5,8-11H2,(H2,16,20,21). The van der Waals surface area contributed by atoms with Crippen molar-refractivity contribution in [3.8, 4) is 0 Å². The van der Waals surface area contributed by atoms with Gasteiger partial charge in [0.15, 0.2) is 0 Å². The minimum Gasteiger partial charge on any atom is -0.370 e. The fraction of sp³-hybridized carbons (Fsp3) is 0.533. The number of rotatable bonds is 3. The first-order chi connectivity index (χ1) is 10.5. The molecule has 6 nitrogen and oxygen atoms in total. The normalized spacial score (nSPS) is 23.1. The van der Waals surface area contributed by atoms with Gasteiger partial charge in [-0.15, -0.1) is 0 Å². The van der Waals surface area contributed by atoms with E-state index in [0.29, 0.717) is 0 Å². The second-order valence-electron chi connectivity index (χ2n) is 5.96. The minimum atomic E-state index is -3.69. The van der Waals surface area contributed by atoms with Crippen LogP contribution in [0.15, 0.2) is 24.3 Å². The molecular weight excluding hydrogens is 302 g/mol. The first-order valence-corrected chi connectivity index (χ1v) is 9.24. The fourth-order valence-electron chi connectivity index (χ4n) is 3.22. The van der Waals surface area contributed by atoms with Gasteiger partial charge in [0.1, 0.15) is 5.25 Å². The predicted octanol–water partition coefficient (Wildman–Crippen LogP) is 1.07. The Morgan fingerprint density at radius 1 is 1.05 bits per heavy atom. The molecule has 2 N–H and O–H groups in total. The highest BCUT2D eigenvalue weighted by atomic mass is 32.2. The van der Waals surface area contributed by atoms with Crippen molar-refractivity contribution in [3.63, 3.8) is 0 Å². The summed E-state index contributed by atoms with van der Waals surface area (Å²) in [7, 11) is -3.69. The summed E-state index contributed by atoms with van der Waals surface area (Å²) in [6, 6.07) is 7.71. The lowest BCUT2D eigenvalue weighted by Gasteiger charge is -2.32. The highest BCUT2D eigenvalue weighted by Crippen LogP contribution is 2.34. The smallest absolute Gasteiger partial charge is 0.228 e. The van der Waals surface area contributed by atoms with Gasteiger partial charge in [0.05, 0.1) is 11.4 Å². The van der Waals surface area contributed by atoms with E-state index < -0.39 is 15.3 Å². The summed E-state index contributed by atoms with van der Waals surface area (Å²) >= 11 is 0. The van der Waals surface area contributed by atoms with Crippen molar-refractivity contribution in [2.45, 2.75) is 30.9 Å². The maximum absolute atomic E-state index is 12.3. The van der Waals surface area contributed by atoms with Crippen LogP contribution in [0.4, 0.5) is 11.4 Å². The highest BCUT2D eigenvalue weighted by Gasteiger charge is 2.38. The first kappa shape index (κ1) is 15.3. The van der Waals surface area contributed by atoms with E-state index in [1.165, 1.54) is 6.42 Å². The second-order valence-corrected chi connectivity index (χ2v) is 7.80. The third kappa shape index (κ3) is 2.96. The van der Waals surface area contributed by atoms with Gasteiger partial charge in [-0.25, -0.2) is 13.6 Å². The first-order valence-electron chi connectivity index (χ1n) is 7.63. The van der Waals surface area contributed by atoms with Crippen LogP contribution >= 0.6 is 0 Å². The highest BCUT2D eigenvalue weighted by molar-refractivity contribution is 7.89. The van der Waals surface area contributed by atoms with Gasteiger partial charge in [0.25, 0.3) is 0 Å². The number of carbonyl (C=O) groups excluding carboxylic acids is 1. The number of anilines is 2. The summed E-state index contributed by atoms with van der Waals surface area (Å²) < 4.78 is 23.1. The maximum atomic E-state index is 12.3. The molecule has 3 rings (SSSR count). The van der Waals surface area contributed by atoms with Crippen LogP contribution in [0.5, 0.6) is 0 Å². The zero-order chi connectivity index (χ0) is 15.7. The summed E-state index contributed by atoms with van der Waals surface area (Å²) in [6.07, 6.45) is 3.48. The third-order valence-corrected chi connectivity index (χ3v) is 5.67. The molecule has 2 fully saturated rings. The number of piperidine rings is 1. The SMILES string of the molecule is NS(=O)(=O)C1CC(=O)N(c2ccccc2N2CCCCC2)C1. The lowest BCUT2D eigenvalue weighted by atomic mass is 10.1. The number of hydrogen-bond acceptors (Lipinski definition) is 4. The molecule has 1 atom stereocenters. The Balaban J connectivity index is 1.90. The van der Waals surface area contributed by atoms with Crippen LogP contribution in [0.3, 0.4) is 0 Å². The van der Waals surface area contributed by atoms with E-state index in [1.807, 2.05) is 24.3 Å². The van der Waals surface area contributed by atoms with Gasteiger partial charge in [0.2, 0.25) is 15.9 Å². The molecule has 1 amide bonds. The fourth-order valence-corrected chi connectivity index (χ4v) is 3.95. The lowest BCUT2D eigenvalue weighted by Crippen LogP contribution is -2.34. The molecule has 0 saturated carbocycles. The summed E-state index contributed by atoms with van der Waals surface area (Å²) in [6.45, 7) is 2.08. The van der Waals surface area contributed by atoms with Gasteiger partial charge in [-0.1, -0.05) is 12.1 Å². The van der Waals surface area contributed by atoms with Crippen LogP contribution in [0.1, 0.15) is 25.7 Å². The quantitative estimate of drug-likeness (QED) is 0.902. The number of sulfonamides is 1. The topological polar surface area (TPSA) is 83.7 Å². The second kappa shape index (κ2) is 5.89. The van der Waals surface area contributed by atoms with Gasteiger partial charge >= 0.3 is 0 Å². The molecule has 0 spiro atoms. The van der Waals surface area contributed by atoms with E-state index in [0.717, 1.165) is 37.3 Å². The van der Waals surface area contributed by atoms with Crippen molar-refractivity contribution < 1.29 is 13.2 Å². The zero-order valence-electron chi connectivity index (χ0n) is 12.4. The maximum Gasteiger partial charge on any atom is 0.228 e. The van der Waals surface area contributed by atoms with Crippen molar-refractivity contribution in [2.75, 3.05) is 29.4 Å². The molecule has 1 unspecified atom stereocenters. The zero-order valence-corrected chi connectivity index (χ0v) is 13.3. The van der Waals surface area contributed by atoms with Gasteiger partial charge in [-0.2, -0.15) is 0 Å². The number of nitrogens with two attached hydrogens (primary N) is 1. The van der Waals surface area contributed by atoms with E-state index in [9.17, 15) is 13.2 Å². The Kier molecular flexibility index (Phi) is 4.10. The lowest BCUT2D eigenvalue weighted by molar-refractivity contribution is -0.117. The number of carbonyl (C=O) groups is 1. The van der Waals surface area contributed by atoms with Crippen LogP contribution in [-0.2, 0) is 14.8 Å². The summed E-state index contributed by atoms with van der Waals surface area (Å²) in [4.78, 5) is 16.1. The average Bonchev–Trinajstić information content (AvgIpc) is 2.90. The predicted molar refractivity (Wildman–Crippen MR) is 86.4 cm³/mol. The molecule has 0 aliphatic carbocycles. The number of primary sulfonamides is 1.